The van der Waals surface area contributed by atoms with Crippen molar-refractivity contribution in [2.24, 2.45) is 22.2 Å². The van der Waals surface area contributed by atoms with E-state index in [1.54, 1.807) is 6.20 Å². The molecule has 0 saturated carbocycles. The molecule has 6 N–H and O–H groups in total. The monoisotopic (exact) mass is 230 g/mol. The Balaban J connectivity index is 2.04. The van der Waals surface area contributed by atoms with Crippen LogP contribution in [0.5, 0.6) is 0 Å². The molecule has 2 unspecified atom stereocenters. The highest BCUT2D eigenvalue weighted by atomic mass is 15.0. The number of amidine groups is 1. The zero-order valence-corrected chi connectivity index (χ0v) is 9.71. The van der Waals surface area contributed by atoms with Crippen molar-refractivity contribution in [1.82, 2.24) is 0 Å². The summed E-state index contributed by atoms with van der Waals surface area (Å²) in [5.41, 5.74) is 18.6. The van der Waals surface area contributed by atoms with Crippen molar-refractivity contribution in [3.63, 3.8) is 0 Å². The third kappa shape index (κ3) is 2.54. The summed E-state index contributed by atoms with van der Waals surface area (Å²) in [5, 5.41) is 0. The van der Waals surface area contributed by atoms with Crippen molar-refractivity contribution < 1.29 is 0 Å². The number of benzene rings is 1. The average molecular weight is 230 g/mol. The van der Waals surface area contributed by atoms with E-state index in [1.807, 2.05) is 24.3 Å². The molecule has 0 bridgehead atoms. The van der Waals surface area contributed by atoms with Gasteiger partial charge in [0, 0.05) is 6.20 Å². The maximum absolute atomic E-state index is 6.27. The maximum atomic E-state index is 6.27. The average Bonchev–Trinajstić information content (AvgIpc) is 2.35. The molecule has 0 aromatic heterocycles. The number of nitrogens with two attached hydrogens (primary N) is 3. The molecule has 0 aliphatic carbocycles. The standard InChI is InChI=1S/C13H18N4/c14-11-12(15)17-9-8-13(11,16)7-6-10-4-2-1-3-5-10/h1-5,8-9,11H,6-7,14,16H2,(H2,15,17). The number of hydrogen-bond donors (Lipinski definition) is 3. The van der Waals surface area contributed by atoms with Gasteiger partial charge in [-0.25, -0.2) is 4.99 Å². The van der Waals surface area contributed by atoms with Crippen LogP contribution in [0.25, 0.3) is 0 Å². The third-order valence-electron chi connectivity index (χ3n) is 3.20. The Morgan fingerprint density at radius 1 is 1.24 bits per heavy atom. The Morgan fingerprint density at radius 3 is 2.65 bits per heavy atom. The molecule has 1 aromatic carbocycles. The molecule has 1 aliphatic rings. The Labute approximate surface area is 101 Å². The first-order valence-corrected chi connectivity index (χ1v) is 5.71. The molecule has 4 heteroatoms. The van der Waals surface area contributed by atoms with Gasteiger partial charge in [0.05, 0.1) is 11.6 Å². The smallest absolute Gasteiger partial charge is 0.118 e. The van der Waals surface area contributed by atoms with Crippen LogP contribution in [0.4, 0.5) is 0 Å². The van der Waals surface area contributed by atoms with Crippen LogP contribution in [0.3, 0.4) is 0 Å². The molecule has 17 heavy (non-hydrogen) atoms. The fourth-order valence-electron chi connectivity index (χ4n) is 1.97. The van der Waals surface area contributed by atoms with Crippen LogP contribution in [-0.2, 0) is 6.42 Å². The SMILES string of the molecule is NC1=NC=CC(N)(CCc2ccccc2)C1N. The second-order valence-corrected chi connectivity index (χ2v) is 4.45. The normalized spacial score (nSPS) is 27.9. The summed E-state index contributed by atoms with van der Waals surface area (Å²) in [7, 11) is 0. The molecule has 0 fully saturated rings. The van der Waals surface area contributed by atoms with E-state index in [2.05, 4.69) is 17.1 Å². The largest absolute Gasteiger partial charge is 0.386 e. The second kappa shape index (κ2) is 4.69. The minimum Gasteiger partial charge on any atom is -0.386 e. The molecule has 1 heterocycles. The minimum atomic E-state index is -0.596. The summed E-state index contributed by atoms with van der Waals surface area (Å²) in [6.45, 7) is 0. The van der Waals surface area contributed by atoms with Crippen LogP contribution in [0.1, 0.15) is 12.0 Å². The van der Waals surface area contributed by atoms with E-state index in [0.29, 0.717) is 5.84 Å². The molecule has 1 aliphatic heterocycles. The van der Waals surface area contributed by atoms with Crippen molar-refractivity contribution in [1.29, 1.82) is 0 Å². The molecule has 90 valence electrons. The summed E-state index contributed by atoms with van der Waals surface area (Å²) in [6, 6.07) is 9.79. The quantitative estimate of drug-likeness (QED) is 0.707. The molecule has 0 saturated heterocycles. The zero-order valence-electron chi connectivity index (χ0n) is 9.71. The van der Waals surface area contributed by atoms with Crippen LogP contribution in [0, 0.1) is 0 Å². The number of aliphatic imine (C=N–C) groups is 1. The Morgan fingerprint density at radius 2 is 1.94 bits per heavy atom. The highest BCUT2D eigenvalue weighted by molar-refractivity contribution is 5.88. The lowest BCUT2D eigenvalue weighted by molar-refractivity contribution is 0.448. The van der Waals surface area contributed by atoms with Crippen LogP contribution < -0.4 is 17.2 Å². The number of rotatable bonds is 3. The summed E-state index contributed by atoms with van der Waals surface area (Å²) >= 11 is 0. The first kappa shape index (κ1) is 11.8. The van der Waals surface area contributed by atoms with Crippen LogP contribution in [0.2, 0.25) is 0 Å². The topological polar surface area (TPSA) is 90.4 Å². The summed E-state index contributed by atoms with van der Waals surface area (Å²) < 4.78 is 0. The van der Waals surface area contributed by atoms with Gasteiger partial charge in [0.15, 0.2) is 0 Å². The Bertz CT molecular complexity index is 438. The zero-order chi connectivity index (χ0) is 12.3. The molecular formula is C13H18N4. The van der Waals surface area contributed by atoms with E-state index in [4.69, 9.17) is 17.2 Å². The van der Waals surface area contributed by atoms with Crippen molar-refractivity contribution in [3.05, 3.63) is 48.2 Å². The van der Waals surface area contributed by atoms with Gasteiger partial charge in [0.2, 0.25) is 0 Å². The fourth-order valence-corrected chi connectivity index (χ4v) is 1.97. The molecule has 2 atom stereocenters. The van der Waals surface area contributed by atoms with Gasteiger partial charge in [0.1, 0.15) is 5.84 Å². The van der Waals surface area contributed by atoms with Gasteiger partial charge in [-0.3, -0.25) is 0 Å². The van der Waals surface area contributed by atoms with E-state index < -0.39 is 11.6 Å². The van der Waals surface area contributed by atoms with Gasteiger partial charge >= 0.3 is 0 Å². The molecule has 2 rings (SSSR count). The lowest BCUT2D eigenvalue weighted by atomic mass is 9.83. The Hall–Kier alpha value is -1.65. The lowest BCUT2D eigenvalue weighted by Crippen LogP contribution is -2.61. The number of hydrogen-bond acceptors (Lipinski definition) is 4. The number of nitrogens with zero attached hydrogens (tertiary/aromatic N) is 1. The highest BCUT2D eigenvalue weighted by Gasteiger charge is 2.33. The number of aryl methyl sites for hydroxylation is 1. The van der Waals surface area contributed by atoms with Crippen LogP contribution in [-0.4, -0.2) is 17.4 Å². The van der Waals surface area contributed by atoms with E-state index in [1.165, 1.54) is 5.56 Å². The second-order valence-electron chi connectivity index (χ2n) is 4.45. The van der Waals surface area contributed by atoms with E-state index in [0.717, 1.165) is 12.8 Å². The van der Waals surface area contributed by atoms with Crippen LogP contribution in [0.15, 0.2) is 47.6 Å². The highest BCUT2D eigenvalue weighted by Crippen LogP contribution is 2.19. The first-order chi connectivity index (χ1) is 8.12. The van der Waals surface area contributed by atoms with Crippen molar-refractivity contribution in [2.45, 2.75) is 24.4 Å². The van der Waals surface area contributed by atoms with Crippen LogP contribution >= 0.6 is 0 Å². The summed E-state index contributed by atoms with van der Waals surface area (Å²) in [6.07, 6.45) is 5.12. The van der Waals surface area contributed by atoms with Gasteiger partial charge in [-0.2, -0.15) is 0 Å². The summed E-state index contributed by atoms with van der Waals surface area (Å²) in [5.74, 6) is 0.406. The van der Waals surface area contributed by atoms with Gasteiger partial charge in [0.25, 0.3) is 0 Å². The molecule has 4 nitrogen and oxygen atoms in total. The van der Waals surface area contributed by atoms with E-state index >= 15 is 0 Å². The van der Waals surface area contributed by atoms with Gasteiger partial charge < -0.3 is 17.2 Å². The van der Waals surface area contributed by atoms with Crippen molar-refractivity contribution in [2.75, 3.05) is 0 Å². The predicted molar refractivity (Wildman–Crippen MR) is 70.4 cm³/mol. The van der Waals surface area contributed by atoms with Crippen molar-refractivity contribution in [3.8, 4) is 0 Å². The third-order valence-corrected chi connectivity index (χ3v) is 3.20. The van der Waals surface area contributed by atoms with Gasteiger partial charge in [-0.15, -0.1) is 0 Å². The maximum Gasteiger partial charge on any atom is 0.118 e. The first-order valence-electron chi connectivity index (χ1n) is 5.71. The van der Waals surface area contributed by atoms with Crippen molar-refractivity contribution >= 4 is 5.84 Å². The molecule has 1 aromatic rings. The van der Waals surface area contributed by atoms with Gasteiger partial charge in [-0.1, -0.05) is 30.3 Å². The summed E-state index contributed by atoms with van der Waals surface area (Å²) in [4.78, 5) is 3.97. The minimum absolute atomic E-state index is 0.406. The Kier molecular flexibility index (Phi) is 3.26. The lowest BCUT2D eigenvalue weighted by Gasteiger charge is -2.34. The molecule has 0 spiro atoms. The molecule has 0 radical (unpaired) electrons. The van der Waals surface area contributed by atoms with E-state index in [9.17, 15) is 0 Å². The van der Waals surface area contributed by atoms with E-state index in [-0.39, 0.29) is 0 Å². The van der Waals surface area contributed by atoms with Gasteiger partial charge in [-0.05, 0) is 24.5 Å². The predicted octanol–water partition coefficient (Wildman–Crippen LogP) is 0.528. The molecular weight excluding hydrogens is 212 g/mol. The fraction of sp³-hybridized carbons (Fsp3) is 0.308. The molecule has 0 amide bonds.